The Balaban J connectivity index is 2.14. The minimum Gasteiger partial charge on any atom is -0.315 e. The molecule has 18 heavy (non-hydrogen) atoms. The second-order valence-electron chi connectivity index (χ2n) is 4.41. The maximum atomic E-state index is 11.0. The van der Waals surface area contributed by atoms with Crippen LogP contribution in [-0.2, 0) is 6.54 Å². The third kappa shape index (κ3) is 3.41. The van der Waals surface area contributed by atoms with Gasteiger partial charge in [-0.05, 0) is 31.6 Å². The lowest BCUT2D eigenvalue weighted by Gasteiger charge is -2.19. The lowest BCUT2D eigenvalue weighted by atomic mass is 10.1. The standard InChI is InChI=1S/C12H16ClN3O2/c13-11-3-2-10(12(8-11)16(17)18)9-15-6-1-4-14-5-7-15/h2-3,8,14H,1,4-7,9H2. The van der Waals surface area contributed by atoms with Crippen LogP contribution in [0.1, 0.15) is 12.0 Å². The minimum atomic E-state index is -0.364. The molecule has 2 rings (SSSR count). The summed E-state index contributed by atoms with van der Waals surface area (Å²) in [5.41, 5.74) is 0.839. The van der Waals surface area contributed by atoms with Gasteiger partial charge in [-0.15, -0.1) is 0 Å². The number of halogens is 1. The van der Waals surface area contributed by atoms with Crippen LogP contribution >= 0.6 is 11.6 Å². The summed E-state index contributed by atoms with van der Waals surface area (Å²) in [4.78, 5) is 12.9. The van der Waals surface area contributed by atoms with Crippen LogP contribution in [0.4, 0.5) is 5.69 Å². The SMILES string of the molecule is O=[N+]([O-])c1cc(Cl)ccc1CN1CCCNCC1. The minimum absolute atomic E-state index is 0.111. The highest BCUT2D eigenvalue weighted by molar-refractivity contribution is 6.30. The van der Waals surface area contributed by atoms with Crippen molar-refractivity contribution in [2.45, 2.75) is 13.0 Å². The van der Waals surface area contributed by atoms with E-state index in [2.05, 4.69) is 10.2 Å². The first kappa shape index (κ1) is 13.3. The maximum absolute atomic E-state index is 11.0. The molecule has 1 N–H and O–H groups in total. The molecular formula is C12H16ClN3O2. The zero-order valence-corrected chi connectivity index (χ0v) is 10.8. The van der Waals surface area contributed by atoms with Crippen molar-refractivity contribution in [3.05, 3.63) is 38.9 Å². The third-order valence-electron chi connectivity index (χ3n) is 3.07. The van der Waals surface area contributed by atoms with E-state index in [1.807, 2.05) is 0 Å². The Bertz CT molecular complexity index is 431. The molecule has 1 aromatic rings. The highest BCUT2D eigenvalue weighted by Gasteiger charge is 2.17. The molecule has 1 aliphatic rings. The average molecular weight is 270 g/mol. The van der Waals surface area contributed by atoms with Gasteiger partial charge in [-0.25, -0.2) is 0 Å². The molecule has 0 amide bonds. The molecule has 0 unspecified atom stereocenters. The Labute approximate surface area is 111 Å². The normalized spacial score (nSPS) is 17.4. The van der Waals surface area contributed by atoms with E-state index in [0.29, 0.717) is 11.6 Å². The lowest BCUT2D eigenvalue weighted by Crippen LogP contribution is -2.27. The van der Waals surface area contributed by atoms with Crippen LogP contribution in [-0.4, -0.2) is 36.0 Å². The number of nitrogens with zero attached hydrogens (tertiary/aromatic N) is 2. The van der Waals surface area contributed by atoms with Crippen molar-refractivity contribution in [2.75, 3.05) is 26.2 Å². The fourth-order valence-corrected chi connectivity index (χ4v) is 2.31. The van der Waals surface area contributed by atoms with Crippen molar-refractivity contribution in [1.29, 1.82) is 0 Å². The van der Waals surface area contributed by atoms with Crippen LogP contribution in [0.5, 0.6) is 0 Å². The molecule has 1 aliphatic heterocycles. The van der Waals surface area contributed by atoms with Gasteiger partial charge in [0.05, 0.1) is 4.92 Å². The molecule has 0 aliphatic carbocycles. The molecule has 1 fully saturated rings. The highest BCUT2D eigenvalue weighted by Crippen LogP contribution is 2.24. The van der Waals surface area contributed by atoms with Crippen LogP contribution in [0, 0.1) is 10.1 Å². The molecule has 5 nitrogen and oxygen atoms in total. The number of hydrogen-bond acceptors (Lipinski definition) is 4. The second-order valence-corrected chi connectivity index (χ2v) is 4.85. The predicted molar refractivity (Wildman–Crippen MR) is 70.9 cm³/mol. The van der Waals surface area contributed by atoms with Crippen LogP contribution in [0.2, 0.25) is 5.02 Å². The topological polar surface area (TPSA) is 58.4 Å². The van der Waals surface area contributed by atoms with Gasteiger partial charge in [-0.2, -0.15) is 0 Å². The van der Waals surface area contributed by atoms with Gasteiger partial charge in [0.2, 0.25) is 0 Å². The summed E-state index contributed by atoms with van der Waals surface area (Å²) in [5.74, 6) is 0. The first-order valence-corrected chi connectivity index (χ1v) is 6.40. The van der Waals surface area contributed by atoms with Gasteiger partial charge >= 0.3 is 0 Å². The zero-order chi connectivity index (χ0) is 13.0. The first-order valence-electron chi connectivity index (χ1n) is 6.03. The Morgan fingerprint density at radius 2 is 2.22 bits per heavy atom. The quantitative estimate of drug-likeness (QED) is 0.674. The number of hydrogen-bond donors (Lipinski definition) is 1. The predicted octanol–water partition coefficient (Wildman–Crippen LogP) is 2.04. The molecule has 0 bridgehead atoms. The zero-order valence-electron chi connectivity index (χ0n) is 10.1. The summed E-state index contributed by atoms with van der Waals surface area (Å²) < 4.78 is 0. The van der Waals surface area contributed by atoms with E-state index >= 15 is 0 Å². The van der Waals surface area contributed by atoms with Crippen molar-refractivity contribution < 1.29 is 4.92 Å². The summed E-state index contributed by atoms with van der Waals surface area (Å²) in [7, 11) is 0. The van der Waals surface area contributed by atoms with Crippen molar-refractivity contribution in [3.8, 4) is 0 Å². The molecule has 0 atom stereocenters. The van der Waals surface area contributed by atoms with Crippen LogP contribution in [0.3, 0.4) is 0 Å². The van der Waals surface area contributed by atoms with Gasteiger partial charge in [0.1, 0.15) is 0 Å². The number of rotatable bonds is 3. The van der Waals surface area contributed by atoms with E-state index in [1.54, 1.807) is 12.1 Å². The lowest BCUT2D eigenvalue weighted by molar-refractivity contribution is -0.385. The molecule has 98 valence electrons. The van der Waals surface area contributed by atoms with Crippen molar-refractivity contribution in [3.63, 3.8) is 0 Å². The molecular weight excluding hydrogens is 254 g/mol. The van der Waals surface area contributed by atoms with Gasteiger partial charge in [0, 0.05) is 36.3 Å². The van der Waals surface area contributed by atoms with E-state index in [9.17, 15) is 10.1 Å². The first-order chi connectivity index (χ1) is 8.66. The molecule has 1 saturated heterocycles. The molecule has 1 heterocycles. The maximum Gasteiger partial charge on any atom is 0.275 e. The summed E-state index contributed by atoms with van der Waals surface area (Å²) in [6.07, 6.45) is 1.07. The molecule has 6 heteroatoms. The van der Waals surface area contributed by atoms with E-state index in [-0.39, 0.29) is 10.6 Å². The van der Waals surface area contributed by atoms with Gasteiger partial charge in [-0.1, -0.05) is 11.6 Å². The van der Waals surface area contributed by atoms with Gasteiger partial charge in [0.15, 0.2) is 0 Å². The average Bonchev–Trinajstić information content (AvgIpc) is 2.60. The van der Waals surface area contributed by atoms with Crippen molar-refractivity contribution >= 4 is 17.3 Å². The fraction of sp³-hybridized carbons (Fsp3) is 0.500. The number of benzene rings is 1. The summed E-state index contributed by atoms with van der Waals surface area (Å²) in [5, 5.41) is 14.7. The van der Waals surface area contributed by atoms with Crippen molar-refractivity contribution in [2.24, 2.45) is 0 Å². The largest absolute Gasteiger partial charge is 0.315 e. The van der Waals surface area contributed by atoms with Crippen LogP contribution in [0.25, 0.3) is 0 Å². The number of nitro groups is 1. The molecule has 0 radical (unpaired) electrons. The Kier molecular flexibility index (Phi) is 4.52. The number of nitrogens with one attached hydrogen (secondary N) is 1. The van der Waals surface area contributed by atoms with Crippen LogP contribution < -0.4 is 5.32 Å². The Morgan fingerprint density at radius 1 is 1.39 bits per heavy atom. The van der Waals surface area contributed by atoms with Gasteiger partial charge in [0.25, 0.3) is 5.69 Å². The Morgan fingerprint density at radius 3 is 3.00 bits per heavy atom. The van der Waals surface area contributed by atoms with Gasteiger partial charge < -0.3 is 5.32 Å². The Hall–Kier alpha value is -1.17. The van der Waals surface area contributed by atoms with E-state index in [0.717, 1.165) is 38.2 Å². The van der Waals surface area contributed by atoms with Gasteiger partial charge in [-0.3, -0.25) is 15.0 Å². The summed E-state index contributed by atoms with van der Waals surface area (Å²) in [6, 6.07) is 4.88. The molecule has 0 saturated carbocycles. The molecule has 1 aromatic carbocycles. The number of nitro benzene ring substituents is 1. The van der Waals surface area contributed by atoms with E-state index in [1.165, 1.54) is 6.07 Å². The van der Waals surface area contributed by atoms with E-state index in [4.69, 9.17) is 11.6 Å². The van der Waals surface area contributed by atoms with E-state index < -0.39 is 0 Å². The monoisotopic (exact) mass is 269 g/mol. The van der Waals surface area contributed by atoms with Crippen molar-refractivity contribution in [1.82, 2.24) is 10.2 Å². The highest BCUT2D eigenvalue weighted by atomic mass is 35.5. The molecule has 0 aromatic heterocycles. The second kappa shape index (κ2) is 6.13. The summed E-state index contributed by atoms with van der Waals surface area (Å²) >= 11 is 5.80. The molecule has 0 spiro atoms. The third-order valence-corrected chi connectivity index (χ3v) is 3.31. The summed E-state index contributed by atoms with van der Waals surface area (Å²) in [6.45, 7) is 4.43. The smallest absolute Gasteiger partial charge is 0.275 e. The fourth-order valence-electron chi connectivity index (χ4n) is 2.14. The van der Waals surface area contributed by atoms with Crippen LogP contribution in [0.15, 0.2) is 18.2 Å².